The SMILES string of the molecule is Cc1cc(C)cc(OCCC(=O)NCCN2C(=O)S/C(=C\c3ccc4c(c3)OCO4)C2=O)c1. The molecule has 0 spiro atoms. The van der Waals surface area contributed by atoms with E-state index in [-0.39, 0.29) is 50.0 Å². The van der Waals surface area contributed by atoms with Gasteiger partial charge >= 0.3 is 0 Å². The Morgan fingerprint density at radius 1 is 1.12 bits per heavy atom. The van der Waals surface area contributed by atoms with Gasteiger partial charge in [0.1, 0.15) is 5.75 Å². The molecule has 172 valence electrons. The van der Waals surface area contributed by atoms with Crippen LogP contribution in [0.3, 0.4) is 0 Å². The summed E-state index contributed by atoms with van der Waals surface area (Å²) in [6.07, 6.45) is 1.83. The van der Waals surface area contributed by atoms with E-state index in [1.54, 1.807) is 24.3 Å². The van der Waals surface area contributed by atoms with E-state index in [0.717, 1.165) is 39.1 Å². The molecule has 8 nitrogen and oxygen atoms in total. The number of nitrogens with one attached hydrogen (secondary N) is 1. The van der Waals surface area contributed by atoms with Crippen molar-refractivity contribution in [2.45, 2.75) is 20.3 Å². The van der Waals surface area contributed by atoms with Crippen molar-refractivity contribution in [3.05, 3.63) is 58.0 Å². The van der Waals surface area contributed by atoms with Crippen LogP contribution in [0.4, 0.5) is 4.79 Å². The number of carbonyl (C=O) groups is 3. The van der Waals surface area contributed by atoms with E-state index < -0.39 is 0 Å². The molecule has 2 aliphatic heterocycles. The number of fused-ring (bicyclic) bond motifs is 1. The zero-order valence-corrected chi connectivity index (χ0v) is 19.2. The lowest BCUT2D eigenvalue weighted by atomic mass is 10.1. The summed E-state index contributed by atoms with van der Waals surface area (Å²) in [4.78, 5) is 38.5. The average molecular weight is 469 g/mol. The summed E-state index contributed by atoms with van der Waals surface area (Å²) < 4.78 is 16.3. The summed E-state index contributed by atoms with van der Waals surface area (Å²) in [5.41, 5.74) is 2.93. The molecule has 2 aromatic rings. The number of imide groups is 1. The second kappa shape index (κ2) is 9.99. The molecule has 1 N–H and O–H groups in total. The van der Waals surface area contributed by atoms with Crippen LogP contribution in [0.2, 0.25) is 0 Å². The number of aryl methyl sites for hydroxylation is 2. The molecule has 0 bridgehead atoms. The minimum Gasteiger partial charge on any atom is -0.493 e. The fourth-order valence-corrected chi connectivity index (χ4v) is 4.39. The third-order valence-corrected chi connectivity index (χ3v) is 5.93. The minimum absolute atomic E-state index is 0.104. The molecular weight excluding hydrogens is 444 g/mol. The molecule has 0 aliphatic carbocycles. The maximum Gasteiger partial charge on any atom is 0.293 e. The molecule has 0 saturated carbocycles. The van der Waals surface area contributed by atoms with Crippen molar-refractivity contribution >= 4 is 34.9 Å². The van der Waals surface area contributed by atoms with Gasteiger partial charge in [0.05, 0.1) is 17.9 Å². The number of benzene rings is 2. The Morgan fingerprint density at radius 3 is 2.67 bits per heavy atom. The fourth-order valence-electron chi connectivity index (χ4n) is 3.52. The third-order valence-electron chi connectivity index (χ3n) is 5.02. The van der Waals surface area contributed by atoms with Gasteiger partial charge < -0.3 is 19.5 Å². The molecule has 2 aromatic carbocycles. The van der Waals surface area contributed by atoms with Crippen LogP contribution in [0, 0.1) is 13.8 Å². The predicted octanol–water partition coefficient (Wildman–Crippen LogP) is 3.65. The van der Waals surface area contributed by atoms with Crippen LogP contribution in [0.5, 0.6) is 17.2 Å². The second-order valence-corrected chi connectivity index (χ2v) is 8.71. The van der Waals surface area contributed by atoms with Crippen molar-refractivity contribution in [2.24, 2.45) is 0 Å². The molecule has 2 aliphatic rings. The van der Waals surface area contributed by atoms with Gasteiger partial charge in [0.15, 0.2) is 11.5 Å². The number of rotatable bonds is 8. The number of ether oxygens (including phenoxy) is 3. The average Bonchev–Trinajstić information content (AvgIpc) is 3.32. The number of hydrogen-bond acceptors (Lipinski definition) is 7. The lowest BCUT2D eigenvalue weighted by Gasteiger charge is -2.13. The molecule has 33 heavy (non-hydrogen) atoms. The number of hydrogen-bond donors (Lipinski definition) is 1. The van der Waals surface area contributed by atoms with Gasteiger partial charge in [-0.1, -0.05) is 12.1 Å². The maximum atomic E-state index is 12.6. The summed E-state index contributed by atoms with van der Waals surface area (Å²) >= 11 is 0.876. The van der Waals surface area contributed by atoms with Gasteiger partial charge in [0.2, 0.25) is 12.7 Å². The minimum atomic E-state index is -0.380. The highest BCUT2D eigenvalue weighted by atomic mass is 32.2. The summed E-state index contributed by atoms with van der Waals surface area (Å²) in [5.74, 6) is 1.40. The van der Waals surface area contributed by atoms with Crippen molar-refractivity contribution in [1.29, 1.82) is 0 Å². The van der Waals surface area contributed by atoms with E-state index in [1.807, 2.05) is 26.0 Å². The van der Waals surface area contributed by atoms with Crippen molar-refractivity contribution in [1.82, 2.24) is 10.2 Å². The Labute approximate surface area is 195 Å². The zero-order valence-electron chi connectivity index (χ0n) is 18.4. The molecule has 0 atom stereocenters. The first-order chi connectivity index (χ1) is 15.9. The lowest BCUT2D eigenvalue weighted by molar-refractivity contribution is -0.124. The second-order valence-electron chi connectivity index (χ2n) is 7.72. The predicted molar refractivity (Wildman–Crippen MR) is 124 cm³/mol. The number of carbonyl (C=O) groups excluding carboxylic acids is 3. The monoisotopic (exact) mass is 468 g/mol. The molecular formula is C24H24N2O6S. The van der Waals surface area contributed by atoms with E-state index in [0.29, 0.717) is 16.4 Å². The number of nitrogens with zero attached hydrogens (tertiary/aromatic N) is 1. The first-order valence-electron chi connectivity index (χ1n) is 10.5. The van der Waals surface area contributed by atoms with Crippen LogP contribution in [-0.4, -0.2) is 48.4 Å². The number of thioether (sulfide) groups is 1. The normalized spacial score (nSPS) is 15.9. The molecule has 4 rings (SSSR count). The molecule has 2 heterocycles. The Hall–Kier alpha value is -3.46. The van der Waals surface area contributed by atoms with Crippen molar-refractivity contribution < 1.29 is 28.6 Å². The first-order valence-corrected chi connectivity index (χ1v) is 11.3. The standard InChI is InChI=1S/C24H24N2O6S/c1-15-9-16(2)11-18(10-15)30-8-5-22(27)25-6-7-26-23(28)21(33-24(26)29)13-17-3-4-19-20(12-17)32-14-31-19/h3-4,9-13H,5-8,14H2,1-2H3,(H,25,27)/b21-13-. The smallest absolute Gasteiger partial charge is 0.293 e. The van der Waals surface area contributed by atoms with E-state index in [2.05, 4.69) is 11.4 Å². The summed E-state index contributed by atoms with van der Waals surface area (Å²) in [7, 11) is 0. The Bertz CT molecular complexity index is 1110. The van der Waals surface area contributed by atoms with Crippen LogP contribution in [0.1, 0.15) is 23.1 Å². The highest BCUT2D eigenvalue weighted by molar-refractivity contribution is 8.18. The van der Waals surface area contributed by atoms with Gasteiger partial charge in [0, 0.05) is 13.1 Å². The molecule has 9 heteroatoms. The van der Waals surface area contributed by atoms with E-state index in [4.69, 9.17) is 14.2 Å². The molecule has 0 radical (unpaired) electrons. The van der Waals surface area contributed by atoms with Gasteiger partial charge in [-0.25, -0.2) is 0 Å². The molecule has 0 unspecified atom stereocenters. The summed E-state index contributed by atoms with van der Waals surface area (Å²) in [6.45, 7) is 4.67. The fraction of sp³-hybridized carbons (Fsp3) is 0.292. The van der Waals surface area contributed by atoms with E-state index in [9.17, 15) is 14.4 Å². The van der Waals surface area contributed by atoms with Crippen molar-refractivity contribution in [2.75, 3.05) is 26.5 Å². The van der Waals surface area contributed by atoms with Gasteiger partial charge in [-0.3, -0.25) is 19.3 Å². The van der Waals surface area contributed by atoms with Gasteiger partial charge in [-0.05, 0) is 72.6 Å². The number of amides is 3. The highest BCUT2D eigenvalue weighted by Gasteiger charge is 2.34. The molecule has 0 aromatic heterocycles. The van der Waals surface area contributed by atoms with Crippen LogP contribution in [0.25, 0.3) is 6.08 Å². The quantitative estimate of drug-likeness (QED) is 0.591. The molecule has 1 saturated heterocycles. The van der Waals surface area contributed by atoms with E-state index >= 15 is 0 Å². The summed E-state index contributed by atoms with van der Waals surface area (Å²) in [5, 5.41) is 2.37. The van der Waals surface area contributed by atoms with Gasteiger partial charge in [0.25, 0.3) is 11.1 Å². The van der Waals surface area contributed by atoms with Crippen molar-refractivity contribution in [3.8, 4) is 17.2 Å². The Kier molecular flexibility index (Phi) is 6.88. The summed E-state index contributed by atoms with van der Waals surface area (Å²) in [6, 6.07) is 11.2. The molecule has 3 amide bonds. The highest BCUT2D eigenvalue weighted by Crippen LogP contribution is 2.36. The van der Waals surface area contributed by atoms with Crippen LogP contribution >= 0.6 is 11.8 Å². The third kappa shape index (κ3) is 5.67. The maximum absolute atomic E-state index is 12.6. The van der Waals surface area contributed by atoms with E-state index in [1.165, 1.54) is 0 Å². The first kappa shape index (κ1) is 22.7. The Balaban J connectivity index is 1.23. The lowest BCUT2D eigenvalue weighted by Crippen LogP contribution is -2.37. The largest absolute Gasteiger partial charge is 0.493 e. The zero-order chi connectivity index (χ0) is 23.4. The van der Waals surface area contributed by atoms with Crippen molar-refractivity contribution in [3.63, 3.8) is 0 Å². The van der Waals surface area contributed by atoms with Crippen LogP contribution in [0.15, 0.2) is 41.3 Å². The van der Waals surface area contributed by atoms with Crippen LogP contribution in [-0.2, 0) is 9.59 Å². The van der Waals surface area contributed by atoms with Crippen LogP contribution < -0.4 is 19.5 Å². The topological polar surface area (TPSA) is 94.2 Å². The van der Waals surface area contributed by atoms with Gasteiger partial charge in [-0.2, -0.15) is 0 Å². The Morgan fingerprint density at radius 2 is 1.88 bits per heavy atom. The molecule has 1 fully saturated rings. The van der Waals surface area contributed by atoms with Gasteiger partial charge in [-0.15, -0.1) is 0 Å².